The summed E-state index contributed by atoms with van der Waals surface area (Å²) in [6, 6.07) is 0.480. The van der Waals surface area contributed by atoms with Crippen molar-refractivity contribution >= 4 is 0 Å². The lowest BCUT2D eigenvalue weighted by Crippen LogP contribution is -2.51. The minimum atomic E-state index is 0.0650. The van der Waals surface area contributed by atoms with Crippen molar-refractivity contribution in [1.82, 2.24) is 5.32 Å². The van der Waals surface area contributed by atoms with Gasteiger partial charge in [-0.15, -0.1) is 6.58 Å². The van der Waals surface area contributed by atoms with E-state index in [1.165, 1.54) is 38.5 Å². The molecule has 1 N–H and O–H groups in total. The van der Waals surface area contributed by atoms with Crippen LogP contribution in [-0.2, 0) is 4.74 Å². The average molecular weight is 239 g/mol. The monoisotopic (exact) mass is 239 g/mol. The zero-order valence-electron chi connectivity index (χ0n) is 11.6. The molecular weight excluding hydrogens is 210 g/mol. The Morgan fingerprint density at radius 2 is 1.94 bits per heavy atom. The molecule has 1 unspecified atom stereocenters. The lowest BCUT2D eigenvalue weighted by atomic mass is 9.83. The highest BCUT2D eigenvalue weighted by atomic mass is 16.5. The molecule has 1 saturated carbocycles. The molecule has 0 heterocycles. The lowest BCUT2D eigenvalue weighted by Gasteiger charge is -2.40. The van der Waals surface area contributed by atoms with Gasteiger partial charge in [-0.1, -0.05) is 38.7 Å². The molecule has 0 aliphatic heterocycles. The van der Waals surface area contributed by atoms with Crippen molar-refractivity contribution in [3.05, 3.63) is 12.7 Å². The molecule has 2 heteroatoms. The highest BCUT2D eigenvalue weighted by Crippen LogP contribution is 2.34. The van der Waals surface area contributed by atoms with Crippen molar-refractivity contribution in [3.8, 4) is 0 Å². The number of nitrogens with one attached hydrogen (secondary N) is 1. The van der Waals surface area contributed by atoms with E-state index in [1.807, 2.05) is 13.2 Å². The Kier molecular flexibility index (Phi) is 6.83. The van der Waals surface area contributed by atoms with Crippen LogP contribution in [0.25, 0.3) is 0 Å². The van der Waals surface area contributed by atoms with Gasteiger partial charge in [0.1, 0.15) is 0 Å². The molecule has 0 aromatic rings. The maximum Gasteiger partial charge on any atom is 0.0831 e. The third-order valence-corrected chi connectivity index (χ3v) is 4.10. The van der Waals surface area contributed by atoms with Crippen LogP contribution in [-0.4, -0.2) is 25.3 Å². The van der Waals surface area contributed by atoms with Gasteiger partial charge in [0.2, 0.25) is 0 Å². The molecule has 1 atom stereocenters. The van der Waals surface area contributed by atoms with Gasteiger partial charge in [-0.3, -0.25) is 0 Å². The van der Waals surface area contributed by atoms with E-state index in [0.717, 1.165) is 19.4 Å². The maximum absolute atomic E-state index is 5.97. The molecular formula is C15H29NO. The van der Waals surface area contributed by atoms with E-state index in [-0.39, 0.29) is 5.60 Å². The van der Waals surface area contributed by atoms with Crippen molar-refractivity contribution in [3.63, 3.8) is 0 Å². The minimum Gasteiger partial charge on any atom is -0.377 e. The molecule has 0 saturated heterocycles. The van der Waals surface area contributed by atoms with E-state index in [2.05, 4.69) is 18.8 Å². The first-order chi connectivity index (χ1) is 8.29. The Morgan fingerprint density at radius 3 is 2.41 bits per heavy atom. The molecule has 1 aliphatic rings. The summed E-state index contributed by atoms with van der Waals surface area (Å²) in [7, 11) is 1.89. The van der Waals surface area contributed by atoms with Crippen LogP contribution in [0.3, 0.4) is 0 Å². The summed E-state index contributed by atoms with van der Waals surface area (Å²) in [5.41, 5.74) is 0.0650. The van der Waals surface area contributed by atoms with Crippen LogP contribution >= 0.6 is 0 Å². The van der Waals surface area contributed by atoms with Gasteiger partial charge in [0, 0.05) is 13.2 Å². The zero-order chi connectivity index (χ0) is 12.6. The molecule has 0 amide bonds. The minimum absolute atomic E-state index is 0.0650. The number of allylic oxidation sites excluding steroid dienone is 1. The van der Waals surface area contributed by atoms with Gasteiger partial charge in [-0.25, -0.2) is 0 Å². The van der Waals surface area contributed by atoms with Crippen molar-refractivity contribution in [2.45, 2.75) is 69.9 Å². The first-order valence-electron chi connectivity index (χ1n) is 7.18. The summed E-state index contributed by atoms with van der Waals surface area (Å²) in [4.78, 5) is 0. The fourth-order valence-corrected chi connectivity index (χ4v) is 3.10. The van der Waals surface area contributed by atoms with Gasteiger partial charge in [0.25, 0.3) is 0 Å². The second-order valence-corrected chi connectivity index (χ2v) is 5.16. The predicted octanol–water partition coefficient (Wildman–Crippen LogP) is 3.67. The second kappa shape index (κ2) is 7.88. The van der Waals surface area contributed by atoms with Gasteiger partial charge < -0.3 is 10.1 Å². The van der Waals surface area contributed by atoms with Crippen LogP contribution in [0.5, 0.6) is 0 Å². The smallest absolute Gasteiger partial charge is 0.0831 e. The highest BCUT2D eigenvalue weighted by Gasteiger charge is 2.38. The fourth-order valence-electron chi connectivity index (χ4n) is 3.10. The van der Waals surface area contributed by atoms with E-state index in [0.29, 0.717) is 6.04 Å². The number of methoxy groups -OCH3 is 1. The Morgan fingerprint density at radius 1 is 1.29 bits per heavy atom. The SMILES string of the molecule is C=CCCC(NCC)C1(OC)CCCCCC1. The molecule has 0 aromatic carbocycles. The summed E-state index contributed by atoms with van der Waals surface area (Å²) >= 11 is 0. The van der Waals surface area contributed by atoms with Crippen molar-refractivity contribution in [2.24, 2.45) is 0 Å². The molecule has 1 aliphatic carbocycles. The Bertz CT molecular complexity index is 207. The summed E-state index contributed by atoms with van der Waals surface area (Å²) < 4.78 is 5.97. The van der Waals surface area contributed by atoms with Gasteiger partial charge >= 0.3 is 0 Å². The molecule has 0 bridgehead atoms. The first-order valence-corrected chi connectivity index (χ1v) is 7.18. The third-order valence-electron chi connectivity index (χ3n) is 4.10. The largest absolute Gasteiger partial charge is 0.377 e. The lowest BCUT2D eigenvalue weighted by molar-refractivity contribution is -0.0541. The van der Waals surface area contributed by atoms with Gasteiger partial charge in [0.15, 0.2) is 0 Å². The number of rotatable bonds is 7. The topological polar surface area (TPSA) is 21.3 Å². The molecule has 0 radical (unpaired) electrons. The molecule has 100 valence electrons. The molecule has 2 nitrogen and oxygen atoms in total. The van der Waals surface area contributed by atoms with Crippen LogP contribution in [0.2, 0.25) is 0 Å². The van der Waals surface area contributed by atoms with Crippen LogP contribution in [0.15, 0.2) is 12.7 Å². The molecule has 17 heavy (non-hydrogen) atoms. The highest BCUT2D eigenvalue weighted by molar-refractivity contribution is 4.95. The zero-order valence-corrected chi connectivity index (χ0v) is 11.6. The van der Waals surface area contributed by atoms with Gasteiger partial charge in [0.05, 0.1) is 5.60 Å². The van der Waals surface area contributed by atoms with Gasteiger partial charge in [-0.2, -0.15) is 0 Å². The fraction of sp³-hybridized carbons (Fsp3) is 0.867. The van der Waals surface area contributed by atoms with Crippen LogP contribution in [0.1, 0.15) is 58.3 Å². The van der Waals surface area contributed by atoms with Crippen LogP contribution in [0, 0.1) is 0 Å². The Hall–Kier alpha value is -0.340. The Balaban J connectivity index is 2.71. The van der Waals surface area contributed by atoms with E-state index in [4.69, 9.17) is 4.74 Å². The van der Waals surface area contributed by atoms with Crippen molar-refractivity contribution < 1.29 is 4.74 Å². The van der Waals surface area contributed by atoms with Crippen molar-refractivity contribution in [1.29, 1.82) is 0 Å². The van der Waals surface area contributed by atoms with Crippen LogP contribution < -0.4 is 5.32 Å². The van der Waals surface area contributed by atoms with Crippen molar-refractivity contribution in [2.75, 3.05) is 13.7 Å². The summed E-state index contributed by atoms with van der Waals surface area (Å²) in [5.74, 6) is 0. The van der Waals surface area contributed by atoms with Crippen LogP contribution in [0.4, 0.5) is 0 Å². The third kappa shape index (κ3) is 4.11. The van der Waals surface area contributed by atoms with E-state index < -0.39 is 0 Å². The van der Waals surface area contributed by atoms with E-state index in [1.54, 1.807) is 0 Å². The van der Waals surface area contributed by atoms with E-state index in [9.17, 15) is 0 Å². The number of hydrogen-bond donors (Lipinski definition) is 1. The quantitative estimate of drug-likeness (QED) is 0.540. The number of likely N-dealkylation sites (N-methyl/N-ethyl adjacent to an activating group) is 1. The summed E-state index contributed by atoms with van der Waals surface area (Å²) in [6.07, 6.45) is 12.0. The molecule has 1 rings (SSSR count). The predicted molar refractivity (Wildman–Crippen MR) is 74.3 cm³/mol. The first kappa shape index (κ1) is 14.7. The summed E-state index contributed by atoms with van der Waals surface area (Å²) in [6.45, 7) is 7.04. The molecule has 0 aromatic heterocycles. The maximum atomic E-state index is 5.97. The average Bonchev–Trinajstić information content (AvgIpc) is 2.60. The Labute approximate surface area is 107 Å². The standard InChI is InChI=1S/C15H29NO/c1-4-6-11-14(16-5-2)15(17-3)12-9-7-8-10-13-15/h4,14,16H,1,5-13H2,2-3H3. The molecule has 0 spiro atoms. The number of hydrogen-bond acceptors (Lipinski definition) is 2. The van der Waals surface area contributed by atoms with Gasteiger partial charge in [-0.05, 0) is 32.2 Å². The second-order valence-electron chi connectivity index (χ2n) is 5.16. The van der Waals surface area contributed by atoms with E-state index >= 15 is 0 Å². The summed E-state index contributed by atoms with van der Waals surface area (Å²) in [5, 5.41) is 3.63. The molecule has 1 fully saturated rings. The normalized spacial score (nSPS) is 21.8. The number of ether oxygens (including phenoxy) is 1.